The zero-order chi connectivity index (χ0) is 13.0. The number of nitrogens with zero attached hydrogens (tertiary/aromatic N) is 1. The Kier molecular flexibility index (Phi) is 3.82. The highest BCUT2D eigenvalue weighted by Gasteiger charge is 2.04. The summed E-state index contributed by atoms with van der Waals surface area (Å²) in [6.45, 7) is 5.22. The molecule has 1 heterocycles. The summed E-state index contributed by atoms with van der Waals surface area (Å²) in [4.78, 5) is 11.3. The number of fused-ring (bicyclic) bond motifs is 1. The molecule has 18 heavy (non-hydrogen) atoms. The minimum Gasteiger partial charge on any atom is -0.463 e. The van der Waals surface area contributed by atoms with Crippen LogP contribution in [0.25, 0.3) is 17.0 Å². The Morgan fingerprint density at radius 2 is 2.11 bits per heavy atom. The molecule has 1 aromatic heterocycles. The second kappa shape index (κ2) is 5.54. The van der Waals surface area contributed by atoms with Crippen LogP contribution in [-0.4, -0.2) is 17.1 Å². The van der Waals surface area contributed by atoms with E-state index in [1.807, 2.05) is 18.2 Å². The summed E-state index contributed by atoms with van der Waals surface area (Å²) in [6.07, 6.45) is 5.35. The van der Waals surface area contributed by atoms with E-state index < -0.39 is 0 Å². The van der Waals surface area contributed by atoms with Gasteiger partial charge in [0, 0.05) is 35.3 Å². The van der Waals surface area contributed by atoms with Gasteiger partial charge >= 0.3 is 5.97 Å². The number of rotatable bonds is 4. The lowest BCUT2D eigenvalue weighted by atomic mass is 10.1. The number of aromatic nitrogens is 1. The van der Waals surface area contributed by atoms with Crippen molar-refractivity contribution in [3.8, 4) is 0 Å². The normalized spacial score (nSPS) is 11.2. The van der Waals surface area contributed by atoms with Crippen molar-refractivity contribution >= 4 is 22.9 Å². The van der Waals surface area contributed by atoms with Gasteiger partial charge in [-0.15, -0.1) is 0 Å². The molecule has 0 amide bonds. The molecule has 1 aromatic carbocycles. The number of carbonyl (C=O) groups excluding carboxylic acids is 1. The molecular formula is C15H17NO2. The van der Waals surface area contributed by atoms with Crippen molar-refractivity contribution in [1.82, 2.24) is 4.57 Å². The average molecular weight is 243 g/mol. The second-order valence-corrected chi connectivity index (χ2v) is 3.97. The van der Waals surface area contributed by atoms with Gasteiger partial charge in [-0.2, -0.15) is 0 Å². The number of hydrogen-bond acceptors (Lipinski definition) is 2. The molecule has 2 aromatic rings. The zero-order valence-corrected chi connectivity index (χ0v) is 10.7. The first-order chi connectivity index (χ1) is 8.76. The minimum absolute atomic E-state index is 0.300. The van der Waals surface area contributed by atoms with Crippen molar-refractivity contribution in [2.45, 2.75) is 20.4 Å². The Morgan fingerprint density at radius 1 is 1.33 bits per heavy atom. The molecule has 2 rings (SSSR count). The van der Waals surface area contributed by atoms with Gasteiger partial charge in [0.15, 0.2) is 0 Å². The van der Waals surface area contributed by atoms with Crippen LogP contribution >= 0.6 is 0 Å². The van der Waals surface area contributed by atoms with E-state index in [1.165, 1.54) is 11.6 Å². The maximum atomic E-state index is 11.3. The fourth-order valence-electron chi connectivity index (χ4n) is 2.02. The highest BCUT2D eigenvalue weighted by molar-refractivity contribution is 5.94. The first kappa shape index (κ1) is 12.4. The van der Waals surface area contributed by atoms with Gasteiger partial charge in [-0.1, -0.05) is 18.2 Å². The molecule has 0 N–H and O–H groups in total. The molecule has 0 aliphatic heterocycles. The third kappa shape index (κ3) is 2.45. The number of benzene rings is 1. The summed E-state index contributed by atoms with van der Waals surface area (Å²) in [7, 11) is 0. The Hall–Kier alpha value is -2.03. The molecule has 0 saturated carbocycles. The zero-order valence-electron chi connectivity index (χ0n) is 10.7. The van der Waals surface area contributed by atoms with E-state index in [-0.39, 0.29) is 5.97 Å². The lowest BCUT2D eigenvalue weighted by Crippen LogP contribution is -1.98. The number of para-hydroxylation sites is 1. The van der Waals surface area contributed by atoms with Crippen molar-refractivity contribution in [1.29, 1.82) is 0 Å². The van der Waals surface area contributed by atoms with Crippen LogP contribution in [0.5, 0.6) is 0 Å². The second-order valence-electron chi connectivity index (χ2n) is 3.97. The number of ether oxygens (including phenoxy) is 1. The fourth-order valence-corrected chi connectivity index (χ4v) is 2.02. The highest BCUT2D eigenvalue weighted by atomic mass is 16.5. The molecule has 0 spiro atoms. The molecule has 0 fully saturated rings. The molecule has 0 radical (unpaired) electrons. The van der Waals surface area contributed by atoms with Gasteiger partial charge in [-0.3, -0.25) is 0 Å². The SMILES string of the molecule is CCOC(=O)/C=C/c1cn(CC)c2ccccc12. The number of aryl methyl sites for hydroxylation is 1. The summed E-state index contributed by atoms with van der Waals surface area (Å²) in [6, 6.07) is 8.17. The van der Waals surface area contributed by atoms with E-state index >= 15 is 0 Å². The average Bonchev–Trinajstić information content (AvgIpc) is 2.75. The Bertz CT molecular complexity index is 581. The molecule has 0 unspecified atom stereocenters. The van der Waals surface area contributed by atoms with Crippen LogP contribution in [0.2, 0.25) is 0 Å². The Balaban J connectivity index is 2.36. The third-order valence-electron chi connectivity index (χ3n) is 2.85. The van der Waals surface area contributed by atoms with Crippen LogP contribution in [0.1, 0.15) is 19.4 Å². The van der Waals surface area contributed by atoms with Gasteiger partial charge in [0.2, 0.25) is 0 Å². The van der Waals surface area contributed by atoms with Crippen molar-refractivity contribution in [2.75, 3.05) is 6.61 Å². The van der Waals surface area contributed by atoms with Gasteiger partial charge < -0.3 is 9.30 Å². The lowest BCUT2D eigenvalue weighted by molar-refractivity contribution is -0.137. The largest absolute Gasteiger partial charge is 0.463 e. The first-order valence-corrected chi connectivity index (χ1v) is 6.19. The van der Waals surface area contributed by atoms with Crippen LogP contribution < -0.4 is 0 Å². The van der Waals surface area contributed by atoms with E-state index in [1.54, 1.807) is 6.92 Å². The Morgan fingerprint density at radius 3 is 2.83 bits per heavy atom. The molecule has 0 saturated heterocycles. The van der Waals surface area contributed by atoms with E-state index in [0.717, 1.165) is 17.5 Å². The van der Waals surface area contributed by atoms with Crippen LogP contribution in [0, 0.1) is 0 Å². The van der Waals surface area contributed by atoms with Gasteiger partial charge in [0.1, 0.15) is 0 Å². The number of hydrogen-bond donors (Lipinski definition) is 0. The van der Waals surface area contributed by atoms with Gasteiger partial charge in [-0.05, 0) is 26.0 Å². The third-order valence-corrected chi connectivity index (χ3v) is 2.85. The minimum atomic E-state index is -0.300. The summed E-state index contributed by atoms with van der Waals surface area (Å²) in [5, 5.41) is 1.15. The van der Waals surface area contributed by atoms with Gasteiger partial charge in [0.05, 0.1) is 6.61 Å². The van der Waals surface area contributed by atoms with Gasteiger partial charge in [0.25, 0.3) is 0 Å². The Labute approximate surface area is 107 Å². The predicted octanol–water partition coefficient (Wildman–Crippen LogP) is 3.24. The maximum absolute atomic E-state index is 11.3. The predicted molar refractivity (Wildman–Crippen MR) is 73.3 cm³/mol. The summed E-state index contributed by atoms with van der Waals surface area (Å²) in [5.41, 5.74) is 2.23. The molecule has 0 atom stereocenters. The van der Waals surface area contributed by atoms with Crippen molar-refractivity contribution in [2.24, 2.45) is 0 Å². The first-order valence-electron chi connectivity index (χ1n) is 6.19. The van der Waals surface area contributed by atoms with E-state index in [9.17, 15) is 4.79 Å². The topological polar surface area (TPSA) is 31.2 Å². The molecule has 3 nitrogen and oxygen atoms in total. The van der Waals surface area contributed by atoms with Crippen LogP contribution in [0.3, 0.4) is 0 Å². The molecule has 0 bridgehead atoms. The summed E-state index contributed by atoms with van der Waals surface area (Å²) in [5.74, 6) is -0.300. The molecule has 94 valence electrons. The van der Waals surface area contributed by atoms with Crippen LogP contribution in [0.4, 0.5) is 0 Å². The number of esters is 1. The molecular weight excluding hydrogens is 226 g/mol. The summed E-state index contributed by atoms with van der Waals surface area (Å²) >= 11 is 0. The van der Waals surface area contributed by atoms with Crippen molar-refractivity contribution in [3.05, 3.63) is 42.1 Å². The van der Waals surface area contributed by atoms with E-state index in [4.69, 9.17) is 4.74 Å². The quantitative estimate of drug-likeness (QED) is 0.609. The maximum Gasteiger partial charge on any atom is 0.330 e. The van der Waals surface area contributed by atoms with E-state index in [0.29, 0.717) is 6.61 Å². The van der Waals surface area contributed by atoms with Crippen LogP contribution in [0.15, 0.2) is 36.5 Å². The van der Waals surface area contributed by atoms with Gasteiger partial charge in [-0.25, -0.2) is 4.79 Å². The molecule has 0 aliphatic carbocycles. The van der Waals surface area contributed by atoms with Crippen LogP contribution in [-0.2, 0) is 16.1 Å². The van der Waals surface area contributed by atoms with Crippen molar-refractivity contribution < 1.29 is 9.53 Å². The standard InChI is InChI=1S/C15H17NO2/c1-3-16-11-12(9-10-15(17)18-4-2)13-7-5-6-8-14(13)16/h5-11H,3-4H2,1-2H3/b10-9+. The fraction of sp³-hybridized carbons (Fsp3) is 0.267. The smallest absolute Gasteiger partial charge is 0.330 e. The lowest BCUT2D eigenvalue weighted by Gasteiger charge is -1.97. The van der Waals surface area contributed by atoms with Crippen molar-refractivity contribution in [3.63, 3.8) is 0 Å². The molecule has 0 aliphatic rings. The highest BCUT2D eigenvalue weighted by Crippen LogP contribution is 2.22. The molecule has 3 heteroatoms. The summed E-state index contributed by atoms with van der Waals surface area (Å²) < 4.78 is 7.04. The number of carbonyl (C=O) groups is 1. The van der Waals surface area contributed by atoms with E-state index in [2.05, 4.69) is 29.8 Å². The monoisotopic (exact) mass is 243 g/mol.